The molecule has 1 aliphatic carbocycles. The van der Waals surface area contributed by atoms with Gasteiger partial charge in [0.15, 0.2) is 0 Å². The molecule has 0 radical (unpaired) electrons. The smallest absolute Gasteiger partial charge is 0.410 e. The number of hydrogen-bond acceptors (Lipinski definition) is 4. The van der Waals surface area contributed by atoms with Gasteiger partial charge < -0.3 is 9.47 Å². The standard InChI is InChI=1S/C19H23Br2NO4/c1-18(2,3)16(23)25-11-13-9-14-15(19(14,20)21)22(13)17(24)26-10-12-7-5-4-6-8-12/h4-8,13-15H,9-11H2,1-3H3/t13-,14?,15?/m0/s1. The van der Waals surface area contributed by atoms with Crippen molar-refractivity contribution in [2.24, 2.45) is 11.3 Å². The number of benzene rings is 1. The molecule has 1 aromatic carbocycles. The summed E-state index contributed by atoms with van der Waals surface area (Å²) in [6.45, 7) is 5.86. The van der Waals surface area contributed by atoms with Crippen LogP contribution in [0.4, 0.5) is 4.79 Å². The molecular weight excluding hydrogens is 466 g/mol. The second kappa shape index (κ2) is 7.15. The van der Waals surface area contributed by atoms with Gasteiger partial charge in [-0.3, -0.25) is 9.69 Å². The molecule has 0 spiro atoms. The van der Waals surface area contributed by atoms with Gasteiger partial charge in [0.25, 0.3) is 0 Å². The maximum atomic E-state index is 12.7. The number of halogens is 2. The average molecular weight is 489 g/mol. The van der Waals surface area contributed by atoms with E-state index in [1.54, 1.807) is 4.90 Å². The number of piperidine rings is 1. The van der Waals surface area contributed by atoms with Crippen molar-refractivity contribution in [2.75, 3.05) is 6.61 Å². The number of alkyl halides is 2. The first-order chi connectivity index (χ1) is 12.1. The number of fused-ring (bicyclic) bond motifs is 1. The van der Waals surface area contributed by atoms with Crippen molar-refractivity contribution in [3.8, 4) is 0 Å². The molecule has 0 bridgehead atoms. The van der Waals surface area contributed by atoms with Crippen LogP contribution >= 0.6 is 31.9 Å². The largest absolute Gasteiger partial charge is 0.463 e. The normalized spacial score (nSPS) is 26.2. The van der Waals surface area contributed by atoms with E-state index >= 15 is 0 Å². The van der Waals surface area contributed by atoms with E-state index < -0.39 is 5.41 Å². The van der Waals surface area contributed by atoms with Crippen molar-refractivity contribution in [1.82, 2.24) is 4.90 Å². The van der Waals surface area contributed by atoms with Crippen LogP contribution in [0.25, 0.3) is 0 Å². The zero-order chi connectivity index (χ0) is 19.1. The molecule has 1 aliphatic heterocycles. The van der Waals surface area contributed by atoms with E-state index in [-0.39, 0.29) is 46.5 Å². The highest BCUT2D eigenvalue weighted by Crippen LogP contribution is 2.65. The second-order valence-corrected chi connectivity index (χ2v) is 11.6. The molecule has 7 heteroatoms. The van der Waals surface area contributed by atoms with Crippen molar-refractivity contribution in [2.45, 2.75) is 49.1 Å². The molecule has 2 fully saturated rings. The Morgan fingerprint density at radius 2 is 1.85 bits per heavy atom. The molecule has 2 unspecified atom stereocenters. The van der Waals surface area contributed by atoms with Gasteiger partial charge in [-0.05, 0) is 32.8 Å². The highest BCUT2D eigenvalue weighted by atomic mass is 79.9. The summed E-state index contributed by atoms with van der Waals surface area (Å²) in [4.78, 5) is 26.5. The Morgan fingerprint density at radius 1 is 1.19 bits per heavy atom. The fourth-order valence-corrected chi connectivity index (χ4v) is 4.95. The highest BCUT2D eigenvalue weighted by Gasteiger charge is 2.71. The third-order valence-corrected chi connectivity index (χ3v) is 6.93. The molecule has 0 aromatic heterocycles. The Labute approximate surface area is 170 Å². The number of amides is 1. The minimum Gasteiger partial charge on any atom is -0.463 e. The van der Waals surface area contributed by atoms with E-state index in [1.807, 2.05) is 51.1 Å². The van der Waals surface area contributed by atoms with Gasteiger partial charge >= 0.3 is 12.1 Å². The second-order valence-electron chi connectivity index (χ2n) is 7.91. The summed E-state index contributed by atoms with van der Waals surface area (Å²) >= 11 is 7.27. The molecule has 3 atom stereocenters. The van der Waals surface area contributed by atoms with Crippen molar-refractivity contribution >= 4 is 43.9 Å². The molecule has 1 amide bonds. The van der Waals surface area contributed by atoms with Crippen LogP contribution in [0.1, 0.15) is 32.8 Å². The predicted octanol–water partition coefficient (Wildman–Crippen LogP) is 4.47. The lowest BCUT2D eigenvalue weighted by molar-refractivity contribution is -0.154. The van der Waals surface area contributed by atoms with Gasteiger partial charge in [0.1, 0.15) is 16.4 Å². The number of nitrogens with zero attached hydrogens (tertiary/aromatic N) is 1. The Bertz CT molecular complexity index is 687. The van der Waals surface area contributed by atoms with Gasteiger partial charge in [-0.15, -0.1) is 0 Å². The Morgan fingerprint density at radius 3 is 2.46 bits per heavy atom. The van der Waals surface area contributed by atoms with Crippen LogP contribution in [0.2, 0.25) is 0 Å². The van der Waals surface area contributed by atoms with Crippen LogP contribution in [-0.2, 0) is 20.9 Å². The molecule has 1 saturated heterocycles. The predicted molar refractivity (Wildman–Crippen MR) is 105 cm³/mol. The Balaban J connectivity index is 1.63. The topological polar surface area (TPSA) is 55.8 Å². The molecule has 1 heterocycles. The van der Waals surface area contributed by atoms with Crippen LogP contribution in [0.15, 0.2) is 30.3 Å². The third-order valence-electron chi connectivity index (χ3n) is 4.81. The summed E-state index contributed by atoms with van der Waals surface area (Å²) < 4.78 is 10.7. The summed E-state index contributed by atoms with van der Waals surface area (Å²) in [7, 11) is 0. The molecule has 5 nitrogen and oxygen atoms in total. The summed E-state index contributed by atoms with van der Waals surface area (Å²) in [5.74, 6) is 0.0183. The van der Waals surface area contributed by atoms with Crippen molar-refractivity contribution in [3.63, 3.8) is 0 Å². The highest BCUT2D eigenvalue weighted by molar-refractivity contribution is 9.25. The Hall–Kier alpha value is -1.08. The first-order valence-corrected chi connectivity index (χ1v) is 10.2. The summed E-state index contributed by atoms with van der Waals surface area (Å²) in [6.07, 6.45) is 0.387. The molecule has 2 aliphatic rings. The van der Waals surface area contributed by atoms with E-state index in [2.05, 4.69) is 31.9 Å². The lowest BCUT2D eigenvalue weighted by Gasteiger charge is -2.29. The van der Waals surface area contributed by atoms with Crippen LogP contribution in [0.5, 0.6) is 0 Å². The molecule has 3 rings (SSSR count). The molecule has 1 saturated carbocycles. The number of carbonyl (C=O) groups is 2. The summed E-state index contributed by atoms with van der Waals surface area (Å²) in [5.41, 5.74) is 0.376. The van der Waals surface area contributed by atoms with Gasteiger partial charge in [0.05, 0.1) is 17.5 Å². The summed E-state index contributed by atoms with van der Waals surface area (Å²) in [6, 6.07) is 9.41. The van der Waals surface area contributed by atoms with Crippen LogP contribution in [-0.4, -0.2) is 38.9 Å². The molecule has 1 aromatic rings. The lowest BCUT2D eigenvalue weighted by Crippen LogP contribution is -2.44. The fourth-order valence-electron chi connectivity index (χ4n) is 3.26. The monoisotopic (exact) mass is 487 g/mol. The zero-order valence-corrected chi connectivity index (χ0v) is 18.2. The van der Waals surface area contributed by atoms with E-state index in [0.717, 1.165) is 12.0 Å². The van der Waals surface area contributed by atoms with Gasteiger partial charge in [-0.1, -0.05) is 62.2 Å². The number of esters is 1. The number of likely N-dealkylation sites (tertiary alicyclic amines) is 1. The molecule has 142 valence electrons. The van der Waals surface area contributed by atoms with E-state index in [1.165, 1.54) is 0 Å². The average Bonchev–Trinajstić information content (AvgIpc) is 2.94. The Kier molecular flexibility index (Phi) is 5.41. The maximum absolute atomic E-state index is 12.7. The van der Waals surface area contributed by atoms with Gasteiger partial charge in [-0.25, -0.2) is 4.79 Å². The first kappa shape index (κ1) is 19.7. The van der Waals surface area contributed by atoms with Crippen LogP contribution < -0.4 is 0 Å². The number of carbonyl (C=O) groups excluding carboxylic acids is 2. The van der Waals surface area contributed by atoms with E-state index in [9.17, 15) is 9.59 Å². The fraction of sp³-hybridized carbons (Fsp3) is 0.579. The van der Waals surface area contributed by atoms with Crippen LogP contribution in [0, 0.1) is 11.3 Å². The van der Waals surface area contributed by atoms with Gasteiger partial charge in [0.2, 0.25) is 0 Å². The lowest BCUT2D eigenvalue weighted by atomic mass is 9.97. The number of hydrogen-bond donors (Lipinski definition) is 0. The number of ether oxygens (including phenoxy) is 2. The maximum Gasteiger partial charge on any atom is 0.410 e. The minimum atomic E-state index is -0.561. The molecule has 26 heavy (non-hydrogen) atoms. The third kappa shape index (κ3) is 3.93. The van der Waals surface area contributed by atoms with Crippen LogP contribution in [0.3, 0.4) is 0 Å². The SMILES string of the molecule is CC(C)(C)C(=O)OC[C@@H]1CC2C(N1C(=O)OCc1ccccc1)C2(Br)Br. The van der Waals surface area contributed by atoms with Crippen molar-refractivity contribution in [3.05, 3.63) is 35.9 Å². The quantitative estimate of drug-likeness (QED) is 0.463. The molecular formula is C19H23Br2NO4. The zero-order valence-electron chi connectivity index (χ0n) is 15.1. The van der Waals surface area contributed by atoms with Gasteiger partial charge in [0, 0.05) is 5.92 Å². The van der Waals surface area contributed by atoms with E-state index in [4.69, 9.17) is 9.47 Å². The van der Waals surface area contributed by atoms with Crippen molar-refractivity contribution < 1.29 is 19.1 Å². The molecule has 0 N–H and O–H groups in total. The minimum absolute atomic E-state index is 0.00381. The van der Waals surface area contributed by atoms with E-state index in [0.29, 0.717) is 0 Å². The summed E-state index contributed by atoms with van der Waals surface area (Å²) in [5, 5.41) is 0. The van der Waals surface area contributed by atoms with Crippen molar-refractivity contribution in [1.29, 1.82) is 0 Å². The number of rotatable bonds is 4. The first-order valence-electron chi connectivity index (χ1n) is 8.66. The van der Waals surface area contributed by atoms with Gasteiger partial charge in [-0.2, -0.15) is 0 Å².